The summed E-state index contributed by atoms with van der Waals surface area (Å²) in [6.07, 6.45) is 2.30. The fourth-order valence-corrected chi connectivity index (χ4v) is 3.00. The number of hydrogen-bond donors (Lipinski definition) is 2. The van der Waals surface area contributed by atoms with Crippen LogP contribution in [0.25, 0.3) is 0 Å². The standard InChI is InChI=1S/C16H21N3O3/c17-19-9-7-12(8-10-19)11-1-3-13(4-2-11)22-14-5-6-15(20)18-16(14)21/h1-4,12,14H,5-10,17H2,(H,18,20,21). The van der Waals surface area contributed by atoms with Crippen molar-refractivity contribution in [3.8, 4) is 5.75 Å². The molecule has 3 N–H and O–H groups in total. The number of ether oxygens (including phenoxy) is 1. The third kappa shape index (κ3) is 3.45. The Morgan fingerprint density at radius 2 is 1.77 bits per heavy atom. The third-order valence-corrected chi connectivity index (χ3v) is 4.35. The Morgan fingerprint density at radius 3 is 2.41 bits per heavy atom. The summed E-state index contributed by atoms with van der Waals surface area (Å²) in [5.74, 6) is 6.39. The van der Waals surface area contributed by atoms with Crippen molar-refractivity contribution in [1.29, 1.82) is 0 Å². The van der Waals surface area contributed by atoms with E-state index in [0.717, 1.165) is 25.9 Å². The van der Waals surface area contributed by atoms with Crippen LogP contribution in [0.1, 0.15) is 37.2 Å². The minimum Gasteiger partial charge on any atom is -0.481 e. The molecule has 0 bridgehead atoms. The minimum atomic E-state index is -0.580. The molecule has 0 saturated carbocycles. The molecule has 1 aromatic carbocycles. The summed E-state index contributed by atoms with van der Waals surface area (Å²) < 4.78 is 5.68. The fourth-order valence-electron chi connectivity index (χ4n) is 3.00. The molecule has 2 fully saturated rings. The second-order valence-electron chi connectivity index (χ2n) is 5.94. The number of carbonyl (C=O) groups excluding carboxylic acids is 2. The predicted octanol–water partition coefficient (Wildman–Crippen LogP) is 0.924. The lowest BCUT2D eigenvalue weighted by Gasteiger charge is -2.29. The van der Waals surface area contributed by atoms with Gasteiger partial charge in [-0.3, -0.25) is 20.7 Å². The molecule has 0 aromatic heterocycles. The van der Waals surface area contributed by atoms with Gasteiger partial charge in [-0.1, -0.05) is 12.1 Å². The van der Waals surface area contributed by atoms with E-state index in [4.69, 9.17) is 10.6 Å². The summed E-state index contributed by atoms with van der Waals surface area (Å²) in [5.41, 5.74) is 1.28. The maximum Gasteiger partial charge on any atom is 0.267 e. The molecule has 1 aromatic rings. The Labute approximate surface area is 129 Å². The Kier molecular flexibility index (Phi) is 4.40. The first-order chi connectivity index (χ1) is 10.6. The number of nitrogens with zero attached hydrogens (tertiary/aromatic N) is 1. The monoisotopic (exact) mass is 303 g/mol. The number of benzene rings is 1. The molecule has 2 aliphatic rings. The average Bonchev–Trinajstić information content (AvgIpc) is 2.52. The second kappa shape index (κ2) is 6.46. The van der Waals surface area contributed by atoms with Crippen molar-refractivity contribution in [2.45, 2.75) is 37.7 Å². The molecule has 1 unspecified atom stereocenters. The molecule has 0 aliphatic carbocycles. The van der Waals surface area contributed by atoms with Gasteiger partial charge < -0.3 is 4.74 Å². The zero-order valence-electron chi connectivity index (χ0n) is 12.5. The Hall–Kier alpha value is -1.92. The molecule has 118 valence electrons. The number of amides is 2. The molecule has 2 aliphatic heterocycles. The van der Waals surface area contributed by atoms with E-state index in [0.29, 0.717) is 24.5 Å². The van der Waals surface area contributed by atoms with Crippen LogP contribution in [-0.2, 0) is 9.59 Å². The molecule has 2 heterocycles. The molecular weight excluding hydrogens is 282 g/mol. The third-order valence-electron chi connectivity index (χ3n) is 4.35. The van der Waals surface area contributed by atoms with Gasteiger partial charge >= 0.3 is 0 Å². The van der Waals surface area contributed by atoms with Gasteiger partial charge in [-0.05, 0) is 36.5 Å². The van der Waals surface area contributed by atoms with Gasteiger partial charge in [0.2, 0.25) is 5.91 Å². The van der Waals surface area contributed by atoms with Crippen molar-refractivity contribution in [2.75, 3.05) is 13.1 Å². The Balaban J connectivity index is 1.59. The van der Waals surface area contributed by atoms with Gasteiger partial charge in [0.05, 0.1) is 0 Å². The number of hydrazine groups is 1. The molecule has 2 amide bonds. The van der Waals surface area contributed by atoms with Crippen molar-refractivity contribution < 1.29 is 14.3 Å². The highest BCUT2D eigenvalue weighted by Crippen LogP contribution is 2.28. The molecule has 1 atom stereocenters. The van der Waals surface area contributed by atoms with Crippen LogP contribution in [0.3, 0.4) is 0 Å². The molecule has 6 heteroatoms. The van der Waals surface area contributed by atoms with Crippen LogP contribution in [0.5, 0.6) is 5.75 Å². The molecule has 0 spiro atoms. The van der Waals surface area contributed by atoms with E-state index in [1.54, 1.807) is 0 Å². The highest BCUT2D eigenvalue weighted by atomic mass is 16.5. The minimum absolute atomic E-state index is 0.230. The van der Waals surface area contributed by atoms with E-state index in [1.807, 2.05) is 17.1 Å². The molecule has 6 nitrogen and oxygen atoms in total. The molecule has 22 heavy (non-hydrogen) atoms. The summed E-state index contributed by atoms with van der Waals surface area (Å²) in [6.45, 7) is 1.83. The first kappa shape index (κ1) is 15.0. The lowest BCUT2D eigenvalue weighted by atomic mass is 9.90. The summed E-state index contributed by atoms with van der Waals surface area (Å²) in [7, 11) is 0. The van der Waals surface area contributed by atoms with Crippen molar-refractivity contribution in [2.24, 2.45) is 5.84 Å². The predicted molar refractivity (Wildman–Crippen MR) is 81.0 cm³/mol. The number of piperidine rings is 2. The zero-order chi connectivity index (χ0) is 15.5. The van der Waals surface area contributed by atoms with E-state index in [9.17, 15) is 9.59 Å². The summed E-state index contributed by atoms with van der Waals surface area (Å²) in [5, 5.41) is 4.16. The molecular formula is C16H21N3O3. The van der Waals surface area contributed by atoms with Gasteiger partial charge in [0.1, 0.15) is 5.75 Å². The highest BCUT2D eigenvalue weighted by Gasteiger charge is 2.28. The average molecular weight is 303 g/mol. The maximum atomic E-state index is 11.7. The molecule has 2 saturated heterocycles. The van der Waals surface area contributed by atoms with Gasteiger partial charge in [0.15, 0.2) is 6.10 Å². The topological polar surface area (TPSA) is 84.7 Å². The van der Waals surface area contributed by atoms with Crippen molar-refractivity contribution >= 4 is 11.8 Å². The van der Waals surface area contributed by atoms with Crippen LogP contribution in [0.15, 0.2) is 24.3 Å². The van der Waals surface area contributed by atoms with Crippen LogP contribution < -0.4 is 15.9 Å². The van der Waals surface area contributed by atoms with Crippen LogP contribution in [0.4, 0.5) is 0 Å². The summed E-state index contributed by atoms with van der Waals surface area (Å²) >= 11 is 0. The fraction of sp³-hybridized carbons (Fsp3) is 0.500. The van der Waals surface area contributed by atoms with Crippen molar-refractivity contribution in [3.05, 3.63) is 29.8 Å². The van der Waals surface area contributed by atoms with Crippen molar-refractivity contribution in [1.82, 2.24) is 10.3 Å². The van der Waals surface area contributed by atoms with E-state index < -0.39 is 6.10 Å². The second-order valence-corrected chi connectivity index (χ2v) is 5.94. The van der Waals surface area contributed by atoms with E-state index in [1.165, 1.54) is 5.56 Å². The van der Waals surface area contributed by atoms with Crippen LogP contribution >= 0.6 is 0 Å². The Bertz CT molecular complexity index is 550. The van der Waals surface area contributed by atoms with Crippen LogP contribution in [-0.4, -0.2) is 36.0 Å². The van der Waals surface area contributed by atoms with E-state index in [2.05, 4.69) is 17.4 Å². The molecule has 3 rings (SSSR count). The maximum absolute atomic E-state index is 11.7. The van der Waals surface area contributed by atoms with Gasteiger partial charge in [0, 0.05) is 25.9 Å². The summed E-state index contributed by atoms with van der Waals surface area (Å²) in [4.78, 5) is 22.8. The van der Waals surface area contributed by atoms with Gasteiger partial charge in [0.25, 0.3) is 5.91 Å². The van der Waals surface area contributed by atoms with Crippen LogP contribution in [0.2, 0.25) is 0 Å². The lowest BCUT2D eigenvalue weighted by molar-refractivity contribution is -0.138. The normalized spacial score (nSPS) is 24.1. The lowest BCUT2D eigenvalue weighted by Crippen LogP contribution is -2.46. The highest BCUT2D eigenvalue weighted by molar-refractivity contribution is 5.99. The largest absolute Gasteiger partial charge is 0.481 e. The number of imide groups is 1. The van der Waals surface area contributed by atoms with E-state index >= 15 is 0 Å². The van der Waals surface area contributed by atoms with Gasteiger partial charge in [-0.25, -0.2) is 5.01 Å². The SMILES string of the molecule is NN1CCC(c2ccc(OC3CCC(=O)NC3=O)cc2)CC1. The number of rotatable bonds is 3. The first-order valence-electron chi connectivity index (χ1n) is 7.72. The number of nitrogens with one attached hydrogen (secondary N) is 1. The zero-order valence-corrected chi connectivity index (χ0v) is 12.5. The summed E-state index contributed by atoms with van der Waals surface area (Å²) in [6, 6.07) is 7.90. The van der Waals surface area contributed by atoms with Crippen LogP contribution in [0, 0.1) is 0 Å². The quantitative estimate of drug-likeness (QED) is 0.641. The molecule has 0 radical (unpaired) electrons. The van der Waals surface area contributed by atoms with E-state index in [-0.39, 0.29) is 11.8 Å². The smallest absolute Gasteiger partial charge is 0.267 e. The number of nitrogens with two attached hydrogens (primary N) is 1. The first-order valence-corrected chi connectivity index (χ1v) is 7.72. The van der Waals surface area contributed by atoms with Gasteiger partial charge in [-0.2, -0.15) is 0 Å². The number of carbonyl (C=O) groups is 2. The van der Waals surface area contributed by atoms with Gasteiger partial charge in [-0.15, -0.1) is 0 Å². The van der Waals surface area contributed by atoms with Crippen molar-refractivity contribution in [3.63, 3.8) is 0 Å². The Morgan fingerprint density at radius 1 is 1.09 bits per heavy atom. The number of hydrogen-bond acceptors (Lipinski definition) is 5.